The molecular weight excluding hydrogens is 276 g/mol. The summed E-state index contributed by atoms with van der Waals surface area (Å²) in [5.74, 6) is 1.34. The van der Waals surface area contributed by atoms with Gasteiger partial charge in [-0.25, -0.2) is 0 Å². The number of pyridine rings is 1. The summed E-state index contributed by atoms with van der Waals surface area (Å²) in [4.78, 5) is 4.25. The molecule has 1 atom stereocenters. The minimum absolute atomic E-state index is 0.173. The molecule has 5 nitrogen and oxygen atoms in total. The molecule has 0 spiro atoms. The fourth-order valence-electron chi connectivity index (χ4n) is 2.55. The molecular formula is C17H20N4O. The topological polar surface area (TPSA) is 52.8 Å². The Morgan fingerprint density at radius 1 is 1.05 bits per heavy atom. The van der Waals surface area contributed by atoms with E-state index in [1.165, 1.54) is 10.9 Å². The molecule has 0 saturated heterocycles. The van der Waals surface area contributed by atoms with Crippen LogP contribution in [0, 0.1) is 0 Å². The first-order valence-corrected chi connectivity index (χ1v) is 7.50. The monoisotopic (exact) mass is 296 g/mol. The van der Waals surface area contributed by atoms with Gasteiger partial charge in [-0.2, -0.15) is 0 Å². The third-order valence-electron chi connectivity index (χ3n) is 3.86. The Morgan fingerprint density at radius 2 is 1.82 bits per heavy atom. The van der Waals surface area contributed by atoms with Crippen molar-refractivity contribution in [3.05, 3.63) is 48.8 Å². The van der Waals surface area contributed by atoms with Crippen molar-refractivity contribution in [3.8, 4) is 5.75 Å². The van der Waals surface area contributed by atoms with E-state index < -0.39 is 0 Å². The molecule has 0 saturated carbocycles. The van der Waals surface area contributed by atoms with E-state index >= 15 is 0 Å². The van der Waals surface area contributed by atoms with Crippen LogP contribution in [0.25, 0.3) is 10.8 Å². The first-order chi connectivity index (χ1) is 10.7. The SMILES string of the molecule is CC(C)c1ccc(OC[C@H](C)n2cnnc2)c2cnccc12. The summed E-state index contributed by atoms with van der Waals surface area (Å²) in [7, 11) is 0. The zero-order valence-corrected chi connectivity index (χ0v) is 13.1. The van der Waals surface area contributed by atoms with Gasteiger partial charge in [-0.1, -0.05) is 19.9 Å². The third kappa shape index (κ3) is 2.79. The Kier molecular flexibility index (Phi) is 4.04. The summed E-state index contributed by atoms with van der Waals surface area (Å²) in [5.41, 5.74) is 1.32. The molecule has 0 bridgehead atoms. The van der Waals surface area contributed by atoms with Crippen molar-refractivity contribution in [2.75, 3.05) is 6.61 Å². The highest BCUT2D eigenvalue weighted by atomic mass is 16.5. The molecule has 1 aromatic carbocycles. The summed E-state index contributed by atoms with van der Waals surface area (Å²) in [6, 6.07) is 6.41. The summed E-state index contributed by atoms with van der Waals surface area (Å²) < 4.78 is 7.96. The molecule has 0 aliphatic rings. The lowest BCUT2D eigenvalue weighted by Gasteiger charge is -2.17. The van der Waals surface area contributed by atoms with E-state index in [4.69, 9.17) is 4.74 Å². The van der Waals surface area contributed by atoms with Crippen LogP contribution in [-0.4, -0.2) is 26.4 Å². The van der Waals surface area contributed by atoms with Crippen LogP contribution in [-0.2, 0) is 0 Å². The zero-order valence-electron chi connectivity index (χ0n) is 13.1. The van der Waals surface area contributed by atoms with Crippen molar-refractivity contribution < 1.29 is 4.74 Å². The number of rotatable bonds is 5. The number of hydrogen-bond donors (Lipinski definition) is 0. The Labute approximate surface area is 130 Å². The molecule has 2 heterocycles. The molecule has 0 unspecified atom stereocenters. The number of benzene rings is 1. The Bertz CT molecular complexity index is 752. The number of ether oxygens (including phenoxy) is 1. The van der Waals surface area contributed by atoms with Crippen LogP contribution < -0.4 is 4.74 Å². The average molecular weight is 296 g/mol. The zero-order chi connectivity index (χ0) is 15.5. The fraction of sp³-hybridized carbons (Fsp3) is 0.353. The van der Waals surface area contributed by atoms with Crippen molar-refractivity contribution in [2.24, 2.45) is 0 Å². The highest BCUT2D eigenvalue weighted by Crippen LogP contribution is 2.32. The summed E-state index contributed by atoms with van der Waals surface area (Å²) in [6.07, 6.45) is 7.11. The van der Waals surface area contributed by atoms with Gasteiger partial charge < -0.3 is 9.30 Å². The first-order valence-electron chi connectivity index (χ1n) is 7.50. The maximum Gasteiger partial charge on any atom is 0.128 e. The van der Waals surface area contributed by atoms with Crippen molar-refractivity contribution in [3.63, 3.8) is 0 Å². The molecule has 0 amide bonds. The largest absolute Gasteiger partial charge is 0.491 e. The van der Waals surface area contributed by atoms with Gasteiger partial charge >= 0.3 is 0 Å². The molecule has 0 radical (unpaired) electrons. The van der Waals surface area contributed by atoms with Gasteiger partial charge in [0.2, 0.25) is 0 Å². The molecule has 3 rings (SSSR count). The highest BCUT2D eigenvalue weighted by Gasteiger charge is 2.11. The lowest BCUT2D eigenvalue weighted by molar-refractivity contribution is 0.263. The van der Waals surface area contributed by atoms with Gasteiger partial charge in [0.15, 0.2) is 0 Å². The molecule has 22 heavy (non-hydrogen) atoms. The van der Waals surface area contributed by atoms with Crippen molar-refractivity contribution >= 4 is 10.8 Å². The van der Waals surface area contributed by atoms with Gasteiger partial charge in [0, 0.05) is 17.8 Å². The van der Waals surface area contributed by atoms with Gasteiger partial charge in [-0.05, 0) is 35.9 Å². The normalized spacial score (nSPS) is 12.7. The first kappa shape index (κ1) is 14.5. The standard InChI is InChI=1S/C17H20N4O/c1-12(2)14-4-5-17(16-8-18-7-6-15(14)16)22-9-13(3)21-10-19-20-11-21/h4-8,10-13H,9H2,1-3H3/t13-/m0/s1. The molecule has 2 aromatic heterocycles. The molecule has 3 aromatic rings. The highest BCUT2D eigenvalue weighted by molar-refractivity contribution is 5.90. The van der Waals surface area contributed by atoms with E-state index in [1.807, 2.05) is 23.0 Å². The van der Waals surface area contributed by atoms with E-state index in [9.17, 15) is 0 Å². The van der Waals surface area contributed by atoms with E-state index in [0.717, 1.165) is 11.1 Å². The summed E-state index contributed by atoms with van der Waals surface area (Å²) in [5, 5.41) is 9.92. The van der Waals surface area contributed by atoms with Gasteiger partial charge in [0.25, 0.3) is 0 Å². The minimum Gasteiger partial charge on any atom is -0.491 e. The second-order valence-electron chi connectivity index (χ2n) is 5.80. The van der Waals surface area contributed by atoms with E-state index in [2.05, 4.69) is 48.1 Å². The quantitative estimate of drug-likeness (QED) is 0.722. The van der Waals surface area contributed by atoms with Crippen LogP contribution in [0.4, 0.5) is 0 Å². The number of fused-ring (bicyclic) bond motifs is 1. The molecule has 0 aliphatic heterocycles. The van der Waals surface area contributed by atoms with Crippen LogP contribution >= 0.6 is 0 Å². The number of nitrogens with zero attached hydrogens (tertiary/aromatic N) is 4. The lowest BCUT2D eigenvalue weighted by atomic mass is 9.97. The molecule has 0 aliphatic carbocycles. The van der Waals surface area contributed by atoms with Gasteiger partial charge in [0.05, 0.1) is 6.04 Å². The summed E-state index contributed by atoms with van der Waals surface area (Å²) >= 11 is 0. The Morgan fingerprint density at radius 3 is 2.55 bits per heavy atom. The van der Waals surface area contributed by atoms with E-state index in [-0.39, 0.29) is 6.04 Å². The Balaban J connectivity index is 1.87. The van der Waals surface area contributed by atoms with Crippen molar-refractivity contribution in [1.82, 2.24) is 19.7 Å². The van der Waals surface area contributed by atoms with E-state index in [1.54, 1.807) is 12.7 Å². The fourth-order valence-corrected chi connectivity index (χ4v) is 2.55. The van der Waals surface area contributed by atoms with Crippen LogP contribution in [0.1, 0.15) is 38.3 Å². The van der Waals surface area contributed by atoms with Crippen LogP contribution in [0.15, 0.2) is 43.2 Å². The molecule has 114 valence electrons. The second kappa shape index (κ2) is 6.13. The maximum absolute atomic E-state index is 6.02. The smallest absolute Gasteiger partial charge is 0.128 e. The summed E-state index contributed by atoms with van der Waals surface area (Å²) in [6.45, 7) is 7.03. The number of hydrogen-bond acceptors (Lipinski definition) is 4. The predicted molar refractivity (Wildman–Crippen MR) is 86.1 cm³/mol. The number of aromatic nitrogens is 4. The molecule has 5 heteroatoms. The van der Waals surface area contributed by atoms with Crippen molar-refractivity contribution in [1.29, 1.82) is 0 Å². The maximum atomic E-state index is 6.02. The Hall–Kier alpha value is -2.43. The minimum atomic E-state index is 0.173. The van der Waals surface area contributed by atoms with Crippen molar-refractivity contribution in [2.45, 2.75) is 32.7 Å². The van der Waals surface area contributed by atoms with Crippen LogP contribution in [0.2, 0.25) is 0 Å². The van der Waals surface area contributed by atoms with Crippen LogP contribution in [0.3, 0.4) is 0 Å². The molecule has 0 fully saturated rings. The third-order valence-corrected chi connectivity index (χ3v) is 3.86. The lowest BCUT2D eigenvalue weighted by Crippen LogP contribution is -2.13. The van der Waals surface area contributed by atoms with E-state index in [0.29, 0.717) is 12.5 Å². The average Bonchev–Trinajstić information content (AvgIpc) is 3.06. The van der Waals surface area contributed by atoms with Gasteiger partial charge in [-0.15, -0.1) is 10.2 Å². The van der Waals surface area contributed by atoms with Gasteiger partial charge in [-0.3, -0.25) is 4.98 Å². The predicted octanol–water partition coefficient (Wildman–Crippen LogP) is 3.59. The second-order valence-corrected chi connectivity index (χ2v) is 5.80. The van der Waals surface area contributed by atoms with Gasteiger partial charge in [0.1, 0.15) is 25.0 Å². The van der Waals surface area contributed by atoms with Crippen LogP contribution in [0.5, 0.6) is 5.75 Å². The molecule has 0 N–H and O–H groups in total.